The second kappa shape index (κ2) is 9.52. The van der Waals surface area contributed by atoms with E-state index >= 15 is 0 Å². The molecule has 0 bridgehead atoms. The normalized spacial score (nSPS) is 14.3. The molecule has 0 aliphatic carbocycles. The molecule has 0 unspecified atom stereocenters. The molecule has 26 heavy (non-hydrogen) atoms. The molecule has 1 N–H and O–H groups in total. The van der Waals surface area contributed by atoms with Crippen molar-refractivity contribution in [2.75, 3.05) is 29.9 Å². The van der Waals surface area contributed by atoms with Gasteiger partial charge in [-0.25, -0.2) is 0 Å². The van der Waals surface area contributed by atoms with Crippen molar-refractivity contribution in [2.45, 2.75) is 39.2 Å². The Balaban J connectivity index is 1.61. The van der Waals surface area contributed by atoms with Crippen LogP contribution in [0.3, 0.4) is 0 Å². The molecule has 5 heteroatoms. The standard InChI is InChI=1S/C21H26BrClN2O/c1-2-12-26-21-9-6-16(13-18(21)22)15-24-17-7-8-20(19(23)14-17)25-10-4-3-5-11-25/h6-9,13-14,24H,2-5,10-12,15H2,1H3. The number of halogens is 2. The summed E-state index contributed by atoms with van der Waals surface area (Å²) in [6.07, 6.45) is 4.84. The molecule has 0 spiro atoms. The van der Waals surface area contributed by atoms with E-state index in [1.165, 1.54) is 24.8 Å². The van der Waals surface area contributed by atoms with E-state index in [1.54, 1.807) is 0 Å². The minimum atomic E-state index is 0.734. The number of rotatable bonds is 7. The quantitative estimate of drug-likeness (QED) is 0.535. The molecule has 0 amide bonds. The first-order valence-corrected chi connectivity index (χ1v) is 10.5. The summed E-state index contributed by atoms with van der Waals surface area (Å²) < 4.78 is 6.69. The number of nitrogens with one attached hydrogen (secondary N) is 1. The van der Waals surface area contributed by atoms with Crippen LogP contribution in [0.1, 0.15) is 38.2 Å². The van der Waals surface area contributed by atoms with E-state index in [0.717, 1.165) is 59.3 Å². The van der Waals surface area contributed by atoms with Gasteiger partial charge in [0.1, 0.15) is 5.75 Å². The molecule has 140 valence electrons. The predicted octanol–water partition coefficient (Wildman–Crippen LogP) is 6.49. The molecule has 1 aliphatic heterocycles. The van der Waals surface area contributed by atoms with Crippen LogP contribution in [0.4, 0.5) is 11.4 Å². The highest BCUT2D eigenvalue weighted by molar-refractivity contribution is 9.10. The summed E-state index contributed by atoms with van der Waals surface area (Å²) in [6.45, 7) is 5.79. The summed E-state index contributed by atoms with van der Waals surface area (Å²) in [5.74, 6) is 0.893. The fourth-order valence-corrected chi connectivity index (χ4v) is 4.04. The van der Waals surface area contributed by atoms with Crippen molar-refractivity contribution in [3.05, 3.63) is 51.5 Å². The number of ether oxygens (including phenoxy) is 1. The molecule has 0 aromatic heterocycles. The van der Waals surface area contributed by atoms with Gasteiger partial charge in [-0.15, -0.1) is 0 Å². The van der Waals surface area contributed by atoms with E-state index in [2.05, 4.69) is 57.3 Å². The van der Waals surface area contributed by atoms with Crippen molar-refractivity contribution >= 4 is 38.9 Å². The van der Waals surface area contributed by atoms with Crippen molar-refractivity contribution in [2.24, 2.45) is 0 Å². The molecule has 1 heterocycles. The van der Waals surface area contributed by atoms with E-state index in [0.29, 0.717) is 0 Å². The first-order valence-electron chi connectivity index (χ1n) is 9.37. The third-order valence-electron chi connectivity index (χ3n) is 4.60. The summed E-state index contributed by atoms with van der Waals surface area (Å²) in [7, 11) is 0. The van der Waals surface area contributed by atoms with Gasteiger partial charge in [-0.1, -0.05) is 24.6 Å². The van der Waals surface area contributed by atoms with Crippen molar-refractivity contribution in [3.8, 4) is 5.75 Å². The van der Waals surface area contributed by atoms with Crippen LogP contribution in [-0.2, 0) is 6.54 Å². The molecular weight excluding hydrogens is 412 g/mol. The molecule has 1 saturated heterocycles. The third-order valence-corrected chi connectivity index (χ3v) is 5.52. The number of piperidine rings is 1. The fourth-order valence-electron chi connectivity index (χ4n) is 3.20. The highest BCUT2D eigenvalue weighted by Gasteiger charge is 2.14. The van der Waals surface area contributed by atoms with Gasteiger partial charge in [0.2, 0.25) is 0 Å². The molecule has 0 radical (unpaired) electrons. The monoisotopic (exact) mass is 436 g/mol. The maximum Gasteiger partial charge on any atom is 0.133 e. The van der Waals surface area contributed by atoms with E-state index in [-0.39, 0.29) is 0 Å². The van der Waals surface area contributed by atoms with Gasteiger partial charge in [0.05, 0.1) is 21.8 Å². The van der Waals surface area contributed by atoms with Crippen molar-refractivity contribution in [1.82, 2.24) is 0 Å². The highest BCUT2D eigenvalue weighted by atomic mass is 79.9. The topological polar surface area (TPSA) is 24.5 Å². The zero-order chi connectivity index (χ0) is 18.4. The van der Waals surface area contributed by atoms with E-state index in [1.807, 2.05) is 12.1 Å². The Morgan fingerprint density at radius 3 is 2.62 bits per heavy atom. The fraction of sp³-hybridized carbons (Fsp3) is 0.429. The first-order chi connectivity index (χ1) is 12.7. The van der Waals surface area contributed by atoms with Gasteiger partial charge in [-0.3, -0.25) is 0 Å². The predicted molar refractivity (Wildman–Crippen MR) is 115 cm³/mol. The van der Waals surface area contributed by atoms with E-state index in [4.69, 9.17) is 16.3 Å². The molecule has 1 aliphatic rings. The number of benzene rings is 2. The lowest BCUT2D eigenvalue weighted by molar-refractivity contribution is 0.315. The molecule has 0 atom stereocenters. The summed E-state index contributed by atoms with van der Waals surface area (Å²) in [5, 5.41) is 4.28. The Bertz CT molecular complexity index is 732. The third kappa shape index (κ3) is 5.08. The SMILES string of the molecule is CCCOc1ccc(CNc2ccc(N3CCCCC3)c(Cl)c2)cc1Br. The summed E-state index contributed by atoms with van der Waals surface area (Å²) in [6, 6.07) is 12.5. The van der Waals surface area contributed by atoms with Crippen LogP contribution in [0.15, 0.2) is 40.9 Å². The van der Waals surface area contributed by atoms with E-state index < -0.39 is 0 Å². The molecule has 3 rings (SSSR count). The van der Waals surface area contributed by atoms with Gasteiger partial charge >= 0.3 is 0 Å². The zero-order valence-electron chi connectivity index (χ0n) is 15.2. The van der Waals surface area contributed by atoms with Crippen LogP contribution in [0, 0.1) is 0 Å². The number of hydrogen-bond donors (Lipinski definition) is 1. The van der Waals surface area contributed by atoms with Crippen LogP contribution < -0.4 is 15.0 Å². The molecule has 1 fully saturated rings. The number of hydrogen-bond acceptors (Lipinski definition) is 3. The Hall–Kier alpha value is -1.39. The lowest BCUT2D eigenvalue weighted by Crippen LogP contribution is -2.29. The smallest absolute Gasteiger partial charge is 0.133 e. The molecule has 0 saturated carbocycles. The second-order valence-corrected chi connectivity index (χ2v) is 7.94. The van der Waals surface area contributed by atoms with Crippen molar-refractivity contribution < 1.29 is 4.74 Å². The Morgan fingerprint density at radius 2 is 1.92 bits per heavy atom. The molecule has 2 aromatic rings. The van der Waals surface area contributed by atoms with Crippen LogP contribution >= 0.6 is 27.5 Å². The van der Waals surface area contributed by atoms with Crippen LogP contribution in [0.5, 0.6) is 5.75 Å². The zero-order valence-corrected chi connectivity index (χ0v) is 17.6. The minimum Gasteiger partial charge on any atom is -0.492 e. The summed E-state index contributed by atoms with van der Waals surface area (Å²) in [5.41, 5.74) is 3.38. The lowest BCUT2D eigenvalue weighted by atomic mass is 10.1. The Labute approximate surface area is 169 Å². The van der Waals surface area contributed by atoms with Gasteiger partial charge in [-0.05, 0) is 77.5 Å². The summed E-state index contributed by atoms with van der Waals surface area (Å²) >= 11 is 10.1. The van der Waals surface area contributed by atoms with Crippen LogP contribution in [0.2, 0.25) is 5.02 Å². The Kier molecular flexibility index (Phi) is 7.09. The first kappa shape index (κ1) is 19.4. The highest BCUT2D eigenvalue weighted by Crippen LogP contribution is 2.31. The van der Waals surface area contributed by atoms with Gasteiger partial charge < -0.3 is 15.0 Å². The van der Waals surface area contributed by atoms with E-state index in [9.17, 15) is 0 Å². The molecular formula is C21H26BrClN2O. The van der Waals surface area contributed by atoms with Crippen molar-refractivity contribution in [3.63, 3.8) is 0 Å². The average Bonchev–Trinajstić information content (AvgIpc) is 2.66. The van der Waals surface area contributed by atoms with Gasteiger partial charge in [0.15, 0.2) is 0 Å². The van der Waals surface area contributed by atoms with Gasteiger partial charge in [-0.2, -0.15) is 0 Å². The number of nitrogens with zero attached hydrogens (tertiary/aromatic N) is 1. The van der Waals surface area contributed by atoms with Crippen LogP contribution in [-0.4, -0.2) is 19.7 Å². The number of anilines is 2. The Morgan fingerprint density at radius 1 is 1.12 bits per heavy atom. The maximum atomic E-state index is 6.53. The average molecular weight is 438 g/mol. The maximum absolute atomic E-state index is 6.53. The summed E-state index contributed by atoms with van der Waals surface area (Å²) in [4.78, 5) is 2.39. The van der Waals surface area contributed by atoms with Crippen molar-refractivity contribution in [1.29, 1.82) is 0 Å². The van der Waals surface area contributed by atoms with Crippen LogP contribution in [0.25, 0.3) is 0 Å². The molecule has 3 nitrogen and oxygen atoms in total. The van der Waals surface area contributed by atoms with Gasteiger partial charge in [0, 0.05) is 25.3 Å². The second-order valence-electron chi connectivity index (χ2n) is 6.68. The van der Waals surface area contributed by atoms with Gasteiger partial charge in [0.25, 0.3) is 0 Å². The largest absolute Gasteiger partial charge is 0.492 e. The lowest BCUT2D eigenvalue weighted by Gasteiger charge is -2.29. The molecule has 2 aromatic carbocycles. The minimum absolute atomic E-state index is 0.734.